The van der Waals surface area contributed by atoms with E-state index < -0.39 is 130 Å². The van der Waals surface area contributed by atoms with E-state index in [0.717, 1.165) is 12.7 Å². The number of nitrogens with one attached hydrogen (secondary N) is 4. The number of aromatic carboxylic acids is 2. The number of carboxylic acids is 2. The van der Waals surface area contributed by atoms with Gasteiger partial charge >= 0.3 is 55.4 Å². The highest BCUT2D eigenvalue weighted by Crippen LogP contribution is 2.59. The molecule has 628 valence electrons. The van der Waals surface area contributed by atoms with E-state index in [1.807, 2.05) is 0 Å². The summed E-state index contributed by atoms with van der Waals surface area (Å²) in [5.74, 6) is -4.17. The number of phosphoric ester groups is 2. The Kier molecular flexibility index (Phi) is 24.4. The molecule has 4 aromatic carbocycles. The lowest BCUT2D eigenvalue weighted by Crippen LogP contribution is -2.42. The number of aliphatic hydroxyl groups is 2. The number of aliphatic hydroxyl groups excluding tert-OH is 2. The van der Waals surface area contributed by atoms with Crippen molar-refractivity contribution in [2.45, 2.75) is 49.1 Å². The molecule has 48 nitrogen and oxygen atoms in total. The lowest BCUT2D eigenvalue weighted by atomic mass is 9.89. The maximum Gasteiger partial charge on any atom is 0.481 e. The molecule has 0 saturated carbocycles. The number of aromatic hydroxyl groups is 2. The van der Waals surface area contributed by atoms with Gasteiger partial charge in [-0.1, -0.05) is 0 Å². The number of hydrogen-bond donors (Lipinski definition) is 18. The van der Waals surface area contributed by atoms with Gasteiger partial charge in [0.05, 0.1) is 37.0 Å². The highest BCUT2D eigenvalue weighted by atomic mass is 31.3. The number of rotatable bonds is 26. The number of fused-ring (bicyclic) bond motifs is 6. The molecule has 4 aromatic heterocycles. The second-order valence-electron chi connectivity index (χ2n) is 25.8. The molecule has 4 amide bonds. The number of anilines is 2. The van der Waals surface area contributed by atoms with Crippen molar-refractivity contribution in [1.82, 2.24) is 60.3 Å². The third-order valence-corrected chi connectivity index (χ3v) is 22.2. The van der Waals surface area contributed by atoms with Crippen LogP contribution in [-0.4, -0.2) is 211 Å². The summed E-state index contributed by atoms with van der Waals surface area (Å²) in [5.41, 5.74) is 12.7. The first kappa shape index (κ1) is 85.2. The van der Waals surface area contributed by atoms with Crippen LogP contribution in [0.1, 0.15) is 53.9 Å². The Morgan fingerprint density at radius 1 is 0.475 bits per heavy atom. The summed E-state index contributed by atoms with van der Waals surface area (Å²) in [7, 11) is -21.8. The number of imidazole rings is 2. The largest absolute Gasteiger partial charge is 0.508 e. The molecular weight excluding hydrogens is 1680 g/mol. The van der Waals surface area contributed by atoms with Crippen molar-refractivity contribution in [3.63, 3.8) is 0 Å². The van der Waals surface area contributed by atoms with Crippen LogP contribution < -0.4 is 43.6 Å². The van der Waals surface area contributed by atoms with Gasteiger partial charge in [-0.15, -0.1) is 0 Å². The summed E-state index contributed by atoms with van der Waals surface area (Å²) in [4.78, 5) is 181. The van der Waals surface area contributed by atoms with Gasteiger partial charge in [-0.25, -0.2) is 67.3 Å². The number of carbonyl (C=O) groups excluding carboxylic acids is 4. The predicted molar refractivity (Wildman–Crippen MR) is 405 cm³/mol. The Bertz CT molecular complexity index is 6340. The van der Waals surface area contributed by atoms with Crippen molar-refractivity contribution >= 4 is 123 Å². The first-order valence-corrected chi connectivity index (χ1v) is 40.4. The number of carbonyl (C=O) groups is 6. The highest BCUT2D eigenvalue weighted by molar-refractivity contribution is 7.61. The fourth-order valence-electron chi connectivity index (χ4n) is 12.9. The average Bonchev–Trinajstić information content (AvgIpc) is 1.22. The monoisotopic (exact) mass is 1740 g/mol. The molecule has 2 aliphatic carbocycles. The van der Waals surface area contributed by atoms with E-state index in [1.165, 1.54) is 131 Å². The normalized spacial score (nSPS) is 19.0. The van der Waals surface area contributed by atoms with E-state index in [0.29, 0.717) is 33.0 Å². The number of phenols is 2. The van der Waals surface area contributed by atoms with Crippen LogP contribution in [0.4, 0.5) is 21.2 Å². The molecule has 4 aliphatic heterocycles. The maximum absolute atomic E-state index is 13.4. The lowest BCUT2D eigenvalue weighted by molar-refractivity contribution is -0.0522. The molecule has 14 rings (SSSR count). The van der Waals surface area contributed by atoms with Gasteiger partial charge in [0.25, 0.3) is 11.8 Å². The Morgan fingerprint density at radius 3 is 1.33 bits per heavy atom. The van der Waals surface area contributed by atoms with Crippen LogP contribution in [-0.2, 0) is 54.9 Å². The van der Waals surface area contributed by atoms with Crippen LogP contribution in [0.3, 0.4) is 0 Å². The van der Waals surface area contributed by atoms with Crippen molar-refractivity contribution in [3.05, 3.63) is 177 Å². The summed E-state index contributed by atoms with van der Waals surface area (Å²) >= 11 is 0. The first-order valence-electron chi connectivity index (χ1n) is 34.4. The quantitative estimate of drug-likeness (QED) is 0.0210. The minimum Gasteiger partial charge on any atom is -0.508 e. The molecule has 2 unspecified atom stereocenters. The smallest absolute Gasteiger partial charge is 0.481 e. The Labute approximate surface area is 666 Å². The molecule has 6 aliphatic rings. The first-order chi connectivity index (χ1) is 56.8. The van der Waals surface area contributed by atoms with E-state index in [-0.39, 0.29) is 139 Å². The van der Waals surface area contributed by atoms with Gasteiger partial charge in [-0.3, -0.25) is 37.4 Å². The van der Waals surface area contributed by atoms with Crippen LogP contribution in [0.5, 0.6) is 11.5 Å². The fourth-order valence-corrected chi connectivity index (χ4v) is 16.1. The number of phenolic OH excluding ortho intramolecular Hbond substituents is 2. The number of carboxylic acid groups (broad SMARTS) is 2. The number of ether oxygens (including phenoxy) is 4. The van der Waals surface area contributed by atoms with Crippen molar-refractivity contribution < 1.29 is 152 Å². The molecule has 52 heteroatoms. The molecule has 0 bridgehead atoms. The van der Waals surface area contributed by atoms with E-state index in [4.69, 9.17) is 58.8 Å². The van der Waals surface area contributed by atoms with Crippen LogP contribution >= 0.6 is 31.3 Å². The van der Waals surface area contributed by atoms with Crippen molar-refractivity contribution in [2.75, 3.05) is 50.9 Å². The topological polar surface area (TPSA) is 735 Å². The Morgan fingerprint density at radius 2 is 0.892 bits per heavy atom. The SMILES string of the molecule is Nc1ncnc2c1ncn2[C@@H]1O[C@H](COP(=O)(O)OP(=O)(O)O)[C@@H](O)[C@H]1OC(=O)NCCNC(=O)c1ccc(C(=O)O)c(-c2c3ccc(=O)cc-3oc3cc(O)ccc23)c1.Nc1ncnc2c1ncn2[C@@H]1O[C@H](COP(=O)(O)OP(=O)(O)O)[C@@H](OC(=O)NCCNC(=O)c2ccc(C(=O)O)c(-c3c4ccc(=O)cc-4oc4cc(O)ccc34)c2)[C@H]1O. The van der Waals surface area contributed by atoms with Crippen LogP contribution in [0.25, 0.3) is 89.2 Å². The van der Waals surface area contributed by atoms with Crippen LogP contribution in [0.15, 0.2) is 153 Å². The minimum absolute atomic E-state index is 0.00181. The Hall–Kier alpha value is -12.7. The van der Waals surface area contributed by atoms with Gasteiger partial charge in [0.2, 0.25) is 0 Å². The summed E-state index contributed by atoms with van der Waals surface area (Å²) in [6.45, 7) is -2.96. The minimum atomic E-state index is -5.51. The van der Waals surface area contributed by atoms with Crippen molar-refractivity contribution in [1.29, 1.82) is 0 Å². The molecule has 20 N–H and O–H groups in total. The van der Waals surface area contributed by atoms with Crippen LogP contribution in [0, 0.1) is 0 Å². The van der Waals surface area contributed by atoms with Gasteiger partial charge in [0.15, 0.2) is 58.5 Å². The molecule has 2 saturated heterocycles. The molecule has 10 atom stereocenters. The van der Waals surface area contributed by atoms with E-state index >= 15 is 0 Å². The molecule has 2 fully saturated rings. The predicted octanol–water partition coefficient (Wildman–Crippen LogP) is 3.40. The summed E-state index contributed by atoms with van der Waals surface area (Å²) < 4.78 is 99.8. The zero-order valence-electron chi connectivity index (χ0n) is 60.4. The molecule has 120 heavy (non-hydrogen) atoms. The number of amides is 4. The number of hydrogen-bond acceptors (Lipinski definition) is 34. The number of benzene rings is 6. The standard InChI is InChI=1S/2C34H31N7O17P2/c35-29-26-30(39-13-38-29)41(14-40-26)32-27(44)28(24(56-32)12-54-60(52,53)58-59(49,50)51)57-34(48)37-8-7-36-31(45)15-1-4-18(33(46)47)21(9-15)25-19-5-2-16(42)10-22(19)55-23-11-17(43)3-6-20(23)25;35-29-26-30(39-13-38-29)41(14-40-26)32-28(27(44)24(56-32)12-54-60(52,53)58-59(49,50)51)57-34(48)37-8-7-36-31(45)15-1-4-18(33(46)47)21(9-15)25-19-5-2-16(42)10-22(19)55-23-11-17(43)3-6-20(23)25/h2*1-6,9-11,13-14,24,27-28,32,42,44H,7-8,12H2,(H,36,45)(H,37,48)(H,46,47)(H,52,53)(H2,35,38,39)(H2,49,50,51)/t2*24-,27-,28-,32-/m11/s1. The summed E-state index contributed by atoms with van der Waals surface area (Å²) in [5, 5.41) is 73.4. The van der Waals surface area contributed by atoms with E-state index in [2.05, 4.69) is 68.8 Å². The molecule has 8 aromatic rings. The summed E-state index contributed by atoms with van der Waals surface area (Å²) in [6.07, 6.45) is -10.7. The zero-order chi connectivity index (χ0) is 86.2. The highest BCUT2D eigenvalue weighted by Gasteiger charge is 2.51. The second-order valence-corrected chi connectivity index (χ2v) is 31.5. The molecule has 0 spiro atoms. The molecular formula is C68H62N14O34P4. The molecule has 8 heterocycles. The third-order valence-electron chi connectivity index (χ3n) is 17.9. The number of alkyl carbamates (subject to hydrolysis) is 2. The number of nitrogens with two attached hydrogens (primary N) is 2. The Balaban J connectivity index is 0.000000207. The number of nitrogen functional groups attached to an aromatic ring is 2. The number of nitrogens with zero attached hydrogens (tertiary/aromatic N) is 8. The third kappa shape index (κ3) is 19.1. The van der Waals surface area contributed by atoms with Crippen molar-refractivity contribution in [3.8, 4) is 56.4 Å². The van der Waals surface area contributed by atoms with Gasteiger partial charge in [0.1, 0.15) is 82.3 Å². The van der Waals surface area contributed by atoms with Crippen LogP contribution in [0.2, 0.25) is 0 Å². The fraction of sp³-hybridized carbons (Fsp3) is 0.206. The number of phosphoric acid groups is 4. The van der Waals surface area contributed by atoms with Gasteiger partial charge in [0, 0.05) is 94.6 Å². The van der Waals surface area contributed by atoms with Gasteiger partial charge in [-0.05, 0) is 96.1 Å². The van der Waals surface area contributed by atoms with E-state index in [9.17, 15) is 97.0 Å². The maximum atomic E-state index is 13.4. The average molecular weight is 1740 g/mol. The van der Waals surface area contributed by atoms with Crippen molar-refractivity contribution in [2.24, 2.45) is 0 Å². The number of aromatic nitrogens is 8. The van der Waals surface area contributed by atoms with Gasteiger partial charge < -0.3 is 121 Å². The van der Waals surface area contributed by atoms with Gasteiger partial charge in [-0.2, -0.15) is 8.62 Å². The zero-order valence-corrected chi connectivity index (χ0v) is 64.0. The summed E-state index contributed by atoms with van der Waals surface area (Å²) in [6, 6.07) is 23.8. The molecule has 0 radical (unpaired) electrons. The van der Waals surface area contributed by atoms with E-state index in [1.54, 1.807) is 0 Å². The lowest BCUT2D eigenvalue weighted by Gasteiger charge is -2.22. The second kappa shape index (κ2) is 34.4.